The number of urea groups is 1. The Bertz CT molecular complexity index is 1110. The maximum atomic E-state index is 12.9. The molecule has 4 rings (SSSR count). The SMILES string of the molecule is CCOC(=O)C1=C(c2ccccc2)NC(=O)NC1c1cccc(Oc2ccccc2)c1. The van der Waals surface area contributed by atoms with Crippen molar-refractivity contribution < 1.29 is 19.1 Å². The zero-order chi connectivity index (χ0) is 21.6. The smallest absolute Gasteiger partial charge is 0.338 e. The highest BCUT2D eigenvalue weighted by atomic mass is 16.5. The van der Waals surface area contributed by atoms with Gasteiger partial charge in [0.05, 0.1) is 23.9 Å². The van der Waals surface area contributed by atoms with Crippen molar-refractivity contribution in [2.24, 2.45) is 0 Å². The van der Waals surface area contributed by atoms with Gasteiger partial charge in [0.2, 0.25) is 0 Å². The molecule has 0 fully saturated rings. The number of benzene rings is 3. The van der Waals surface area contributed by atoms with E-state index in [0.29, 0.717) is 28.3 Å². The van der Waals surface area contributed by atoms with Gasteiger partial charge in [-0.1, -0.05) is 60.7 Å². The van der Waals surface area contributed by atoms with Crippen LogP contribution in [0.5, 0.6) is 11.5 Å². The Hall–Kier alpha value is -4.06. The fourth-order valence-corrected chi connectivity index (χ4v) is 3.46. The minimum absolute atomic E-state index is 0.224. The predicted octanol–water partition coefficient (Wildman–Crippen LogP) is 4.81. The van der Waals surface area contributed by atoms with E-state index < -0.39 is 18.0 Å². The standard InChI is InChI=1S/C25H22N2O4/c1-2-30-24(28)21-22(17-10-5-3-6-11-17)26-25(29)27-23(21)18-12-9-15-20(16-18)31-19-13-7-4-8-14-19/h3-16,23H,2H2,1H3,(H2,26,27,29). The molecule has 1 aliphatic heterocycles. The topological polar surface area (TPSA) is 76.7 Å². The highest BCUT2D eigenvalue weighted by Crippen LogP contribution is 2.34. The molecule has 6 heteroatoms. The Morgan fingerprint density at radius 1 is 0.903 bits per heavy atom. The summed E-state index contributed by atoms with van der Waals surface area (Å²) in [6.45, 7) is 1.97. The van der Waals surface area contributed by atoms with Crippen LogP contribution in [0.25, 0.3) is 5.70 Å². The molecule has 1 atom stereocenters. The number of hydrogen-bond acceptors (Lipinski definition) is 4. The Kier molecular flexibility index (Phi) is 5.98. The molecule has 3 aromatic rings. The maximum absolute atomic E-state index is 12.9. The Morgan fingerprint density at radius 2 is 1.58 bits per heavy atom. The van der Waals surface area contributed by atoms with Gasteiger partial charge in [-0.15, -0.1) is 0 Å². The normalized spacial score (nSPS) is 15.6. The average molecular weight is 414 g/mol. The molecule has 0 bridgehead atoms. The molecule has 3 aromatic carbocycles. The van der Waals surface area contributed by atoms with E-state index in [2.05, 4.69) is 10.6 Å². The molecule has 31 heavy (non-hydrogen) atoms. The minimum atomic E-state index is -0.692. The van der Waals surface area contributed by atoms with Gasteiger partial charge in [0, 0.05) is 0 Å². The van der Waals surface area contributed by atoms with Crippen molar-refractivity contribution in [2.75, 3.05) is 6.61 Å². The minimum Gasteiger partial charge on any atom is -0.463 e. The summed E-state index contributed by atoms with van der Waals surface area (Å²) in [4.78, 5) is 25.4. The molecule has 0 radical (unpaired) electrons. The van der Waals surface area contributed by atoms with Crippen molar-refractivity contribution in [3.05, 3.63) is 102 Å². The van der Waals surface area contributed by atoms with Crippen molar-refractivity contribution in [1.29, 1.82) is 0 Å². The third kappa shape index (κ3) is 4.59. The number of carbonyl (C=O) groups excluding carboxylic acids is 2. The molecule has 0 saturated carbocycles. The molecule has 1 aliphatic rings. The summed E-state index contributed by atoms with van der Waals surface area (Å²) in [6.07, 6.45) is 0. The highest BCUT2D eigenvalue weighted by Gasteiger charge is 2.34. The van der Waals surface area contributed by atoms with Crippen LogP contribution in [0.15, 0.2) is 90.5 Å². The second-order valence-corrected chi connectivity index (χ2v) is 6.89. The number of amides is 2. The molecule has 2 amide bonds. The van der Waals surface area contributed by atoms with Crippen LogP contribution in [0.4, 0.5) is 4.79 Å². The van der Waals surface area contributed by atoms with Gasteiger partial charge in [0.25, 0.3) is 0 Å². The fourth-order valence-electron chi connectivity index (χ4n) is 3.46. The molecule has 2 N–H and O–H groups in total. The molecule has 1 heterocycles. The predicted molar refractivity (Wildman–Crippen MR) is 117 cm³/mol. The van der Waals surface area contributed by atoms with Crippen molar-refractivity contribution >= 4 is 17.7 Å². The summed E-state index contributed by atoms with van der Waals surface area (Å²) >= 11 is 0. The first-order chi connectivity index (χ1) is 15.2. The number of para-hydroxylation sites is 1. The van der Waals surface area contributed by atoms with Crippen LogP contribution in [0.1, 0.15) is 24.1 Å². The average Bonchev–Trinajstić information content (AvgIpc) is 2.80. The molecule has 0 saturated heterocycles. The van der Waals surface area contributed by atoms with E-state index in [1.54, 1.807) is 6.92 Å². The highest BCUT2D eigenvalue weighted by molar-refractivity contribution is 6.04. The molecular weight excluding hydrogens is 392 g/mol. The van der Waals surface area contributed by atoms with Crippen molar-refractivity contribution in [2.45, 2.75) is 13.0 Å². The monoisotopic (exact) mass is 414 g/mol. The summed E-state index contributed by atoms with van der Waals surface area (Å²) in [7, 11) is 0. The largest absolute Gasteiger partial charge is 0.463 e. The number of nitrogens with one attached hydrogen (secondary N) is 2. The van der Waals surface area contributed by atoms with Crippen LogP contribution in [-0.2, 0) is 9.53 Å². The van der Waals surface area contributed by atoms with Crippen LogP contribution >= 0.6 is 0 Å². The Labute approximate surface area is 180 Å². The van der Waals surface area contributed by atoms with Gasteiger partial charge in [-0.05, 0) is 42.3 Å². The van der Waals surface area contributed by atoms with Crippen molar-refractivity contribution in [3.63, 3.8) is 0 Å². The number of hydrogen-bond donors (Lipinski definition) is 2. The first kappa shape index (κ1) is 20.2. The van der Waals surface area contributed by atoms with Crippen LogP contribution in [-0.4, -0.2) is 18.6 Å². The number of ether oxygens (including phenoxy) is 2. The third-order valence-corrected chi connectivity index (χ3v) is 4.80. The van der Waals surface area contributed by atoms with E-state index in [1.165, 1.54) is 0 Å². The third-order valence-electron chi connectivity index (χ3n) is 4.80. The zero-order valence-corrected chi connectivity index (χ0v) is 17.0. The molecule has 0 spiro atoms. The lowest BCUT2D eigenvalue weighted by molar-refractivity contribution is -0.138. The number of esters is 1. The number of carbonyl (C=O) groups is 2. The summed E-state index contributed by atoms with van der Waals surface area (Å²) in [5.41, 5.74) is 2.20. The molecule has 6 nitrogen and oxygen atoms in total. The Balaban J connectivity index is 1.77. The van der Waals surface area contributed by atoms with E-state index in [0.717, 1.165) is 5.56 Å². The zero-order valence-electron chi connectivity index (χ0n) is 17.0. The maximum Gasteiger partial charge on any atom is 0.338 e. The Morgan fingerprint density at radius 3 is 2.29 bits per heavy atom. The summed E-state index contributed by atoms with van der Waals surface area (Å²) in [5.74, 6) is 0.800. The van der Waals surface area contributed by atoms with Crippen LogP contribution in [0.2, 0.25) is 0 Å². The van der Waals surface area contributed by atoms with E-state index in [1.807, 2.05) is 84.9 Å². The van der Waals surface area contributed by atoms with Gasteiger partial charge in [0.1, 0.15) is 11.5 Å². The lowest BCUT2D eigenvalue weighted by Gasteiger charge is -2.29. The van der Waals surface area contributed by atoms with Crippen molar-refractivity contribution in [1.82, 2.24) is 10.6 Å². The number of rotatable bonds is 6. The van der Waals surface area contributed by atoms with Crippen molar-refractivity contribution in [3.8, 4) is 11.5 Å². The molecule has 0 aromatic heterocycles. The lowest BCUT2D eigenvalue weighted by atomic mass is 9.92. The fraction of sp³-hybridized carbons (Fsp3) is 0.120. The second kappa shape index (κ2) is 9.17. The summed E-state index contributed by atoms with van der Waals surface area (Å²) in [5, 5.41) is 5.62. The molecule has 1 unspecified atom stereocenters. The van der Waals surface area contributed by atoms with Gasteiger partial charge >= 0.3 is 12.0 Å². The first-order valence-corrected chi connectivity index (χ1v) is 10.0. The van der Waals surface area contributed by atoms with Gasteiger partial charge in [-0.3, -0.25) is 0 Å². The van der Waals surface area contributed by atoms with E-state index in [4.69, 9.17) is 9.47 Å². The summed E-state index contributed by atoms with van der Waals surface area (Å²) < 4.78 is 11.3. The summed E-state index contributed by atoms with van der Waals surface area (Å²) in [6, 6.07) is 24.9. The quantitative estimate of drug-likeness (QED) is 0.568. The van der Waals surface area contributed by atoms with Gasteiger partial charge in [-0.2, -0.15) is 0 Å². The second-order valence-electron chi connectivity index (χ2n) is 6.89. The van der Waals surface area contributed by atoms with Gasteiger partial charge < -0.3 is 20.1 Å². The first-order valence-electron chi connectivity index (χ1n) is 10.0. The molecule has 156 valence electrons. The van der Waals surface area contributed by atoms with E-state index >= 15 is 0 Å². The lowest BCUT2D eigenvalue weighted by Crippen LogP contribution is -2.45. The van der Waals surface area contributed by atoms with Crippen LogP contribution < -0.4 is 15.4 Å². The van der Waals surface area contributed by atoms with Gasteiger partial charge in [-0.25, -0.2) is 9.59 Å². The molecule has 0 aliphatic carbocycles. The van der Waals surface area contributed by atoms with Crippen LogP contribution in [0, 0.1) is 0 Å². The van der Waals surface area contributed by atoms with E-state index in [9.17, 15) is 9.59 Å². The molecular formula is C25H22N2O4. The van der Waals surface area contributed by atoms with Crippen LogP contribution in [0.3, 0.4) is 0 Å². The van der Waals surface area contributed by atoms with E-state index in [-0.39, 0.29) is 6.61 Å². The van der Waals surface area contributed by atoms with Gasteiger partial charge in [0.15, 0.2) is 0 Å².